The second-order valence-corrected chi connectivity index (χ2v) is 6.49. The molecule has 0 amide bonds. The van der Waals surface area contributed by atoms with Crippen LogP contribution in [0, 0.1) is 0 Å². The van der Waals surface area contributed by atoms with Crippen molar-refractivity contribution < 1.29 is 14.6 Å². The predicted octanol–water partition coefficient (Wildman–Crippen LogP) is 5.26. The molecule has 0 heterocycles. The van der Waals surface area contributed by atoms with Crippen molar-refractivity contribution in [3.63, 3.8) is 0 Å². The highest BCUT2D eigenvalue weighted by molar-refractivity contribution is 7.98. The van der Waals surface area contributed by atoms with Gasteiger partial charge in [-0.25, -0.2) is 4.79 Å². The van der Waals surface area contributed by atoms with Crippen LogP contribution in [0.4, 0.5) is 0 Å². The van der Waals surface area contributed by atoms with E-state index in [-0.39, 0.29) is 0 Å². The number of benzene rings is 3. The molecule has 0 bridgehead atoms. The van der Waals surface area contributed by atoms with Crippen molar-refractivity contribution in [2.75, 3.05) is 0 Å². The third-order valence-corrected chi connectivity index (χ3v) is 4.83. The highest BCUT2D eigenvalue weighted by atomic mass is 32.2. The summed E-state index contributed by atoms with van der Waals surface area (Å²) in [4.78, 5) is 12.1. The van der Waals surface area contributed by atoms with E-state index in [2.05, 4.69) is 0 Å². The molecule has 126 valence electrons. The van der Waals surface area contributed by atoms with Gasteiger partial charge in [0.05, 0.1) is 5.56 Å². The molecule has 3 aromatic rings. The summed E-state index contributed by atoms with van der Waals surface area (Å²) in [5, 5.41) is 9.29. The van der Waals surface area contributed by atoms with E-state index in [0.717, 1.165) is 21.8 Å². The number of carboxylic acids is 1. The summed E-state index contributed by atoms with van der Waals surface area (Å²) in [5.41, 5.74) is 2.49. The maximum atomic E-state index is 11.3. The number of carbonyl (C=O) groups is 1. The molecule has 3 nitrogen and oxygen atoms in total. The van der Waals surface area contributed by atoms with Crippen molar-refractivity contribution in [1.29, 1.82) is 0 Å². The molecule has 0 atom stereocenters. The zero-order valence-electron chi connectivity index (χ0n) is 13.6. The van der Waals surface area contributed by atoms with Crippen LogP contribution >= 0.6 is 11.8 Å². The van der Waals surface area contributed by atoms with E-state index in [9.17, 15) is 9.90 Å². The van der Waals surface area contributed by atoms with Crippen LogP contribution in [-0.4, -0.2) is 11.1 Å². The zero-order valence-corrected chi connectivity index (χ0v) is 14.4. The van der Waals surface area contributed by atoms with Gasteiger partial charge < -0.3 is 9.84 Å². The van der Waals surface area contributed by atoms with Crippen molar-refractivity contribution in [2.24, 2.45) is 0 Å². The first-order valence-electron chi connectivity index (χ1n) is 7.94. The number of hydrogen-bond donors (Lipinski definition) is 1. The molecule has 3 aromatic carbocycles. The topological polar surface area (TPSA) is 46.5 Å². The van der Waals surface area contributed by atoms with Gasteiger partial charge in [0.1, 0.15) is 12.4 Å². The normalized spacial score (nSPS) is 10.4. The Kier molecular flexibility index (Phi) is 5.75. The fourth-order valence-electron chi connectivity index (χ4n) is 2.42. The largest absolute Gasteiger partial charge is 0.489 e. The van der Waals surface area contributed by atoms with Crippen LogP contribution in [0.15, 0.2) is 83.8 Å². The third kappa shape index (κ3) is 4.64. The van der Waals surface area contributed by atoms with Crippen LogP contribution < -0.4 is 4.74 Å². The van der Waals surface area contributed by atoms with Gasteiger partial charge in [-0.3, -0.25) is 0 Å². The quantitative estimate of drug-likeness (QED) is 0.591. The molecule has 25 heavy (non-hydrogen) atoms. The van der Waals surface area contributed by atoms with E-state index in [0.29, 0.717) is 17.9 Å². The summed E-state index contributed by atoms with van der Waals surface area (Å²) < 4.78 is 5.96. The number of para-hydroxylation sites is 1. The first-order chi connectivity index (χ1) is 12.2. The molecular formula is C21H18O3S. The maximum absolute atomic E-state index is 11.3. The molecule has 0 aliphatic heterocycles. The van der Waals surface area contributed by atoms with Crippen LogP contribution in [0.5, 0.6) is 5.75 Å². The van der Waals surface area contributed by atoms with Crippen molar-refractivity contribution in [3.8, 4) is 5.75 Å². The molecule has 0 unspecified atom stereocenters. The van der Waals surface area contributed by atoms with Crippen molar-refractivity contribution in [2.45, 2.75) is 17.3 Å². The smallest absolute Gasteiger partial charge is 0.336 e. The van der Waals surface area contributed by atoms with E-state index < -0.39 is 5.97 Å². The van der Waals surface area contributed by atoms with E-state index in [1.54, 1.807) is 12.1 Å². The summed E-state index contributed by atoms with van der Waals surface area (Å²) in [6.07, 6.45) is 0. The molecule has 0 aliphatic carbocycles. The number of aromatic carboxylic acids is 1. The second-order valence-electron chi connectivity index (χ2n) is 5.47. The van der Waals surface area contributed by atoms with Gasteiger partial charge >= 0.3 is 5.97 Å². The molecule has 0 spiro atoms. The molecule has 3 rings (SSSR count). The van der Waals surface area contributed by atoms with Gasteiger partial charge in [-0.1, -0.05) is 60.7 Å². The van der Waals surface area contributed by atoms with Gasteiger partial charge in [-0.15, -0.1) is 11.8 Å². The SMILES string of the molecule is O=C(O)c1ccccc1SCc1ccccc1OCc1ccccc1. The first kappa shape index (κ1) is 17.1. The molecule has 0 saturated carbocycles. The van der Waals surface area contributed by atoms with Crippen LogP contribution in [0.2, 0.25) is 0 Å². The number of carboxylic acid groups (broad SMARTS) is 1. The van der Waals surface area contributed by atoms with Crippen molar-refractivity contribution in [1.82, 2.24) is 0 Å². The number of thioether (sulfide) groups is 1. The maximum Gasteiger partial charge on any atom is 0.336 e. The van der Waals surface area contributed by atoms with Crippen LogP contribution in [0.25, 0.3) is 0 Å². The van der Waals surface area contributed by atoms with E-state index >= 15 is 0 Å². The highest BCUT2D eigenvalue weighted by Crippen LogP contribution is 2.30. The van der Waals surface area contributed by atoms with E-state index in [1.807, 2.05) is 66.7 Å². The van der Waals surface area contributed by atoms with Crippen molar-refractivity contribution >= 4 is 17.7 Å². The minimum atomic E-state index is -0.906. The second kappa shape index (κ2) is 8.40. The lowest BCUT2D eigenvalue weighted by molar-refractivity contribution is 0.0693. The fourth-order valence-corrected chi connectivity index (χ4v) is 3.46. The molecule has 0 fully saturated rings. The molecule has 0 aliphatic rings. The van der Waals surface area contributed by atoms with Crippen LogP contribution in [-0.2, 0) is 12.4 Å². The summed E-state index contributed by atoms with van der Waals surface area (Å²) in [7, 11) is 0. The lowest BCUT2D eigenvalue weighted by Crippen LogP contribution is -1.99. The Hall–Kier alpha value is -2.72. The average molecular weight is 350 g/mol. The van der Waals surface area contributed by atoms with Crippen LogP contribution in [0.3, 0.4) is 0 Å². The molecule has 1 N–H and O–H groups in total. The Morgan fingerprint density at radius 2 is 1.56 bits per heavy atom. The van der Waals surface area contributed by atoms with Gasteiger partial charge in [-0.2, -0.15) is 0 Å². The molecule has 0 saturated heterocycles. The third-order valence-electron chi connectivity index (χ3n) is 3.71. The lowest BCUT2D eigenvalue weighted by Gasteiger charge is -2.12. The Morgan fingerprint density at radius 1 is 0.880 bits per heavy atom. The molecular weight excluding hydrogens is 332 g/mol. The lowest BCUT2D eigenvalue weighted by atomic mass is 10.2. The van der Waals surface area contributed by atoms with Crippen LogP contribution in [0.1, 0.15) is 21.5 Å². The average Bonchev–Trinajstić information content (AvgIpc) is 2.66. The van der Waals surface area contributed by atoms with Gasteiger partial charge in [0.25, 0.3) is 0 Å². The van der Waals surface area contributed by atoms with Gasteiger partial charge in [-0.05, 0) is 23.8 Å². The number of rotatable bonds is 7. The Bertz CT molecular complexity index is 847. The number of hydrogen-bond acceptors (Lipinski definition) is 3. The minimum absolute atomic E-state index is 0.329. The summed E-state index contributed by atoms with van der Waals surface area (Å²) >= 11 is 1.50. The van der Waals surface area contributed by atoms with E-state index in [1.165, 1.54) is 11.8 Å². The Balaban J connectivity index is 1.70. The summed E-state index contributed by atoms with van der Waals surface area (Å²) in [6, 6.07) is 24.9. The monoisotopic (exact) mass is 350 g/mol. The standard InChI is InChI=1S/C21H18O3S/c22-21(23)18-11-5-7-13-20(18)25-15-17-10-4-6-12-19(17)24-14-16-8-2-1-3-9-16/h1-13H,14-15H2,(H,22,23). The fraction of sp³-hybridized carbons (Fsp3) is 0.0952. The summed E-state index contributed by atoms with van der Waals surface area (Å²) in [6.45, 7) is 0.508. The van der Waals surface area contributed by atoms with Gasteiger partial charge in [0, 0.05) is 16.2 Å². The Labute approximate surface area is 151 Å². The zero-order chi connectivity index (χ0) is 17.5. The predicted molar refractivity (Wildman–Crippen MR) is 100 cm³/mol. The van der Waals surface area contributed by atoms with Crippen molar-refractivity contribution in [3.05, 3.63) is 95.6 Å². The molecule has 0 aromatic heterocycles. The number of ether oxygens (including phenoxy) is 1. The highest BCUT2D eigenvalue weighted by Gasteiger charge is 2.11. The Morgan fingerprint density at radius 3 is 2.36 bits per heavy atom. The first-order valence-corrected chi connectivity index (χ1v) is 8.92. The van der Waals surface area contributed by atoms with Gasteiger partial charge in [0.15, 0.2) is 0 Å². The summed E-state index contributed by atoms with van der Waals surface area (Å²) in [5.74, 6) is 0.568. The van der Waals surface area contributed by atoms with Gasteiger partial charge in [0.2, 0.25) is 0 Å². The van der Waals surface area contributed by atoms with E-state index in [4.69, 9.17) is 4.74 Å². The molecule has 0 radical (unpaired) electrons. The molecule has 4 heteroatoms. The minimum Gasteiger partial charge on any atom is -0.489 e.